The van der Waals surface area contributed by atoms with Crippen LogP contribution in [0.1, 0.15) is 21.5 Å². The van der Waals surface area contributed by atoms with Gasteiger partial charge in [-0.1, -0.05) is 29.8 Å². The summed E-state index contributed by atoms with van der Waals surface area (Å²) in [4.78, 5) is 10.9. The van der Waals surface area contributed by atoms with Crippen molar-refractivity contribution in [3.8, 4) is 5.75 Å². The molecule has 0 radical (unpaired) electrons. The molecule has 0 spiro atoms. The molecule has 0 aliphatic heterocycles. The number of carboxylic acids is 1. The van der Waals surface area contributed by atoms with Crippen LogP contribution in [-0.2, 0) is 13.1 Å². The van der Waals surface area contributed by atoms with Crippen LogP contribution < -0.4 is 10.1 Å². The minimum Gasteiger partial charge on any atom is -0.496 e. The molecule has 0 heterocycles. The van der Waals surface area contributed by atoms with Crippen LogP contribution in [0.5, 0.6) is 5.75 Å². The first kappa shape index (κ1) is 15.4. The Balaban J connectivity index is 2.02. The summed E-state index contributed by atoms with van der Waals surface area (Å²) in [7, 11) is 1.60. The Hall–Kier alpha value is -2.04. The van der Waals surface area contributed by atoms with Crippen molar-refractivity contribution in [3.63, 3.8) is 0 Å². The normalized spacial score (nSPS) is 10.4. The standard InChI is InChI=1S/C16H16ClNO3/c1-21-15-7-3-6-14(17)13(15)10-18-9-11-4-2-5-12(8-11)16(19)20/h2-8,18H,9-10H2,1H3,(H,19,20). The fourth-order valence-electron chi connectivity index (χ4n) is 2.05. The average molecular weight is 306 g/mol. The van der Waals surface area contributed by atoms with Crippen LogP contribution in [-0.4, -0.2) is 18.2 Å². The number of rotatable bonds is 6. The zero-order valence-corrected chi connectivity index (χ0v) is 12.4. The van der Waals surface area contributed by atoms with E-state index in [-0.39, 0.29) is 5.56 Å². The van der Waals surface area contributed by atoms with Crippen LogP contribution in [0.2, 0.25) is 5.02 Å². The van der Waals surface area contributed by atoms with Gasteiger partial charge in [-0.3, -0.25) is 0 Å². The predicted octanol–water partition coefficient (Wildman–Crippen LogP) is 3.34. The van der Waals surface area contributed by atoms with Crippen molar-refractivity contribution < 1.29 is 14.6 Å². The third-order valence-corrected chi connectivity index (χ3v) is 3.45. The molecule has 4 nitrogen and oxygen atoms in total. The summed E-state index contributed by atoms with van der Waals surface area (Å²) < 4.78 is 5.28. The molecule has 0 saturated carbocycles. The van der Waals surface area contributed by atoms with Gasteiger partial charge < -0.3 is 15.2 Å². The van der Waals surface area contributed by atoms with Crippen molar-refractivity contribution in [3.05, 3.63) is 64.2 Å². The second-order valence-corrected chi connectivity index (χ2v) is 4.94. The molecule has 5 heteroatoms. The van der Waals surface area contributed by atoms with Crippen LogP contribution in [0, 0.1) is 0 Å². The van der Waals surface area contributed by atoms with Crippen molar-refractivity contribution >= 4 is 17.6 Å². The number of carbonyl (C=O) groups is 1. The monoisotopic (exact) mass is 305 g/mol. The van der Waals surface area contributed by atoms with Gasteiger partial charge in [-0.05, 0) is 29.8 Å². The van der Waals surface area contributed by atoms with Gasteiger partial charge in [0.1, 0.15) is 5.75 Å². The molecule has 0 aliphatic rings. The smallest absolute Gasteiger partial charge is 0.335 e. The fraction of sp³-hybridized carbons (Fsp3) is 0.188. The Kier molecular flexibility index (Phi) is 5.20. The number of hydrogen-bond acceptors (Lipinski definition) is 3. The van der Waals surface area contributed by atoms with Crippen molar-refractivity contribution in [1.29, 1.82) is 0 Å². The molecule has 0 atom stereocenters. The minimum absolute atomic E-state index is 0.282. The number of carboxylic acid groups (broad SMARTS) is 1. The lowest BCUT2D eigenvalue weighted by Crippen LogP contribution is -2.14. The van der Waals surface area contributed by atoms with Gasteiger partial charge in [-0.15, -0.1) is 0 Å². The maximum atomic E-state index is 10.9. The van der Waals surface area contributed by atoms with Crippen molar-refractivity contribution in [1.82, 2.24) is 5.32 Å². The Labute approximate surface area is 128 Å². The number of benzene rings is 2. The Bertz CT molecular complexity index is 643. The maximum Gasteiger partial charge on any atom is 0.335 e. The lowest BCUT2D eigenvalue weighted by atomic mass is 10.1. The SMILES string of the molecule is COc1cccc(Cl)c1CNCc1cccc(C(=O)O)c1. The van der Waals surface area contributed by atoms with E-state index in [0.29, 0.717) is 18.1 Å². The molecule has 0 aliphatic carbocycles. The van der Waals surface area contributed by atoms with Crippen LogP contribution in [0.25, 0.3) is 0 Å². The van der Waals surface area contributed by atoms with Gasteiger partial charge in [-0.25, -0.2) is 4.79 Å². The second kappa shape index (κ2) is 7.11. The molecule has 0 amide bonds. The van der Waals surface area contributed by atoms with Gasteiger partial charge in [0, 0.05) is 23.7 Å². The number of nitrogens with one attached hydrogen (secondary N) is 1. The number of halogens is 1. The quantitative estimate of drug-likeness (QED) is 0.859. The molecular weight excluding hydrogens is 290 g/mol. The predicted molar refractivity (Wildman–Crippen MR) is 81.9 cm³/mol. The molecule has 0 unspecified atom stereocenters. The summed E-state index contributed by atoms with van der Waals surface area (Å²) in [6.07, 6.45) is 0. The first-order chi connectivity index (χ1) is 10.1. The molecule has 110 valence electrons. The summed E-state index contributed by atoms with van der Waals surface area (Å²) in [5.41, 5.74) is 2.07. The molecule has 2 aromatic rings. The molecular formula is C16H16ClNO3. The molecule has 2 rings (SSSR count). The highest BCUT2D eigenvalue weighted by atomic mass is 35.5. The number of ether oxygens (including phenoxy) is 1. The second-order valence-electron chi connectivity index (χ2n) is 4.53. The van der Waals surface area contributed by atoms with Crippen LogP contribution in [0.15, 0.2) is 42.5 Å². The number of hydrogen-bond donors (Lipinski definition) is 2. The fourth-order valence-corrected chi connectivity index (χ4v) is 2.28. The summed E-state index contributed by atoms with van der Waals surface area (Å²) in [6.45, 7) is 1.09. The van der Waals surface area contributed by atoms with E-state index < -0.39 is 5.97 Å². The molecule has 0 fully saturated rings. The highest BCUT2D eigenvalue weighted by Gasteiger charge is 2.07. The van der Waals surface area contributed by atoms with Crippen LogP contribution in [0.4, 0.5) is 0 Å². The molecule has 2 aromatic carbocycles. The van der Waals surface area contributed by atoms with Gasteiger partial charge in [0.25, 0.3) is 0 Å². The van der Waals surface area contributed by atoms with E-state index in [1.165, 1.54) is 0 Å². The Morgan fingerprint density at radius 3 is 2.71 bits per heavy atom. The molecule has 0 bridgehead atoms. The largest absolute Gasteiger partial charge is 0.496 e. The summed E-state index contributed by atoms with van der Waals surface area (Å²) in [5, 5.41) is 12.8. The zero-order valence-electron chi connectivity index (χ0n) is 11.6. The summed E-state index contributed by atoms with van der Waals surface area (Å²) in [5.74, 6) is -0.195. The van der Waals surface area contributed by atoms with Gasteiger partial charge in [0.15, 0.2) is 0 Å². The van der Waals surface area contributed by atoms with E-state index in [1.54, 1.807) is 25.3 Å². The highest BCUT2D eigenvalue weighted by Crippen LogP contribution is 2.25. The van der Waals surface area contributed by atoms with Crippen LogP contribution in [0.3, 0.4) is 0 Å². The lowest BCUT2D eigenvalue weighted by Gasteiger charge is -2.11. The Morgan fingerprint density at radius 1 is 1.24 bits per heavy atom. The first-order valence-corrected chi connectivity index (χ1v) is 6.84. The third kappa shape index (κ3) is 3.97. The van der Waals surface area contributed by atoms with E-state index in [1.807, 2.05) is 24.3 Å². The third-order valence-electron chi connectivity index (χ3n) is 3.10. The van der Waals surface area contributed by atoms with E-state index in [4.69, 9.17) is 21.4 Å². The van der Waals surface area contributed by atoms with Crippen molar-refractivity contribution in [2.75, 3.05) is 7.11 Å². The van der Waals surface area contributed by atoms with Crippen molar-refractivity contribution in [2.45, 2.75) is 13.1 Å². The summed E-state index contributed by atoms with van der Waals surface area (Å²) in [6, 6.07) is 12.3. The van der Waals surface area contributed by atoms with Gasteiger partial charge in [0.05, 0.1) is 12.7 Å². The lowest BCUT2D eigenvalue weighted by molar-refractivity contribution is 0.0696. The van der Waals surface area contributed by atoms with E-state index in [9.17, 15) is 4.79 Å². The van der Waals surface area contributed by atoms with Crippen molar-refractivity contribution in [2.24, 2.45) is 0 Å². The van der Waals surface area contributed by atoms with Gasteiger partial charge in [-0.2, -0.15) is 0 Å². The van der Waals surface area contributed by atoms with Crippen LogP contribution >= 0.6 is 11.6 Å². The molecule has 21 heavy (non-hydrogen) atoms. The minimum atomic E-state index is -0.926. The average Bonchev–Trinajstić information content (AvgIpc) is 2.49. The maximum absolute atomic E-state index is 10.9. The van der Waals surface area contributed by atoms with Gasteiger partial charge >= 0.3 is 5.97 Å². The molecule has 2 N–H and O–H groups in total. The van der Waals surface area contributed by atoms with E-state index in [2.05, 4.69) is 5.32 Å². The summed E-state index contributed by atoms with van der Waals surface area (Å²) >= 11 is 6.16. The topological polar surface area (TPSA) is 58.6 Å². The zero-order chi connectivity index (χ0) is 15.2. The van der Waals surface area contributed by atoms with Gasteiger partial charge in [0.2, 0.25) is 0 Å². The molecule has 0 saturated heterocycles. The van der Waals surface area contributed by atoms with E-state index >= 15 is 0 Å². The first-order valence-electron chi connectivity index (χ1n) is 6.46. The number of aromatic carboxylic acids is 1. The highest BCUT2D eigenvalue weighted by molar-refractivity contribution is 6.31. The Morgan fingerprint density at radius 2 is 2.00 bits per heavy atom. The number of methoxy groups -OCH3 is 1. The molecule has 0 aromatic heterocycles. The van der Waals surface area contributed by atoms with E-state index in [0.717, 1.165) is 16.9 Å².